The summed E-state index contributed by atoms with van der Waals surface area (Å²) in [5.74, 6) is -1.66. The van der Waals surface area contributed by atoms with Crippen LogP contribution in [0.1, 0.15) is 6.42 Å². The highest BCUT2D eigenvalue weighted by Gasteiger charge is 2.31. The molecule has 5 N–H and O–H groups in total. The minimum atomic E-state index is -0.990. The van der Waals surface area contributed by atoms with Gasteiger partial charge in [0, 0.05) is 6.42 Å². The molecule has 2 rings (SSSR count). The number of anilines is 1. The van der Waals surface area contributed by atoms with Crippen LogP contribution in [0.2, 0.25) is 0 Å². The molecule has 0 spiro atoms. The van der Waals surface area contributed by atoms with Gasteiger partial charge in [-0.2, -0.15) is 0 Å². The molecule has 1 aromatic carbocycles. The van der Waals surface area contributed by atoms with Gasteiger partial charge in [-0.15, -0.1) is 0 Å². The van der Waals surface area contributed by atoms with E-state index in [-0.39, 0.29) is 17.9 Å². The number of amides is 2. The summed E-state index contributed by atoms with van der Waals surface area (Å²) in [4.78, 5) is 22.5. The standard InChI is InChI=1S/C11H12FN3O3/c12-5-2-1-3-7-9(5)15-11(17)8(18-7)4-6(13)10(14)16/h1-3,6,8H,4,13H2,(H2,14,16)(H,15,17)/t6-,8-/m0/s1. The van der Waals surface area contributed by atoms with Crippen LogP contribution in [0.25, 0.3) is 0 Å². The fourth-order valence-electron chi connectivity index (χ4n) is 1.64. The predicted molar refractivity (Wildman–Crippen MR) is 61.2 cm³/mol. The highest BCUT2D eigenvalue weighted by atomic mass is 19.1. The molecule has 0 radical (unpaired) electrons. The van der Waals surface area contributed by atoms with Gasteiger partial charge >= 0.3 is 0 Å². The Labute approximate surface area is 102 Å². The maximum Gasteiger partial charge on any atom is 0.265 e. The van der Waals surface area contributed by atoms with E-state index >= 15 is 0 Å². The first-order chi connectivity index (χ1) is 8.49. The van der Waals surface area contributed by atoms with E-state index in [1.54, 1.807) is 0 Å². The van der Waals surface area contributed by atoms with Crippen molar-refractivity contribution < 1.29 is 18.7 Å². The Morgan fingerprint density at radius 1 is 1.56 bits per heavy atom. The van der Waals surface area contributed by atoms with Crippen molar-refractivity contribution in [3.8, 4) is 5.75 Å². The lowest BCUT2D eigenvalue weighted by molar-refractivity contribution is -0.125. The molecule has 0 aromatic heterocycles. The van der Waals surface area contributed by atoms with Crippen LogP contribution < -0.4 is 21.5 Å². The molecule has 1 aliphatic heterocycles. The van der Waals surface area contributed by atoms with Gasteiger partial charge in [0.15, 0.2) is 11.9 Å². The number of rotatable bonds is 3. The smallest absolute Gasteiger partial charge is 0.265 e. The molecule has 0 aliphatic carbocycles. The molecule has 0 unspecified atom stereocenters. The summed E-state index contributed by atoms with van der Waals surface area (Å²) in [6.45, 7) is 0. The van der Waals surface area contributed by atoms with Crippen molar-refractivity contribution in [1.29, 1.82) is 0 Å². The van der Waals surface area contributed by atoms with E-state index in [0.717, 1.165) is 0 Å². The Bertz CT molecular complexity index is 506. The largest absolute Gasteiger partial charge is 0.478 e. The first kappa shape index (κ1) is 12.3. The normalized spacial score (nSPS) is 19.4. The second kappa shape index (κ2) is 4.61. The summed E-state index contributed by atoms with van der Waals surface area (Å²) < 4.78 is 18.7. The van der Waals surface area contributed by atoms with Gasteiger partial charge in [0.2, 0.25) is 5.91 Å². The van der Waals surface area contributed by atoms with Gasteiger partial charge in [-0.1, -0.05) is 6.07 Å². The van der Waals surface area contributed by atoms with E-state index in [2.05, 4.69) is 5.32 Å². The number of nitrogens with one attached hydrogen (secondary N) is 1. The van der Waals surface area contributed by atoms with Gasteiger partial charge < -0.3 is 21.5 Å². The Morgan fingerprint density at radius 3 is 2.94 bits per heavy atom. The lowest BCUT2D eigenvalue weighted by atomic mass is 10.1. The van der Waals surface area contributed by atoms with Crippen molar-refractivity contribution >= 4 is 17.5 Å². The summed E-state index contributed by atoms with van der Waals surface area (Å²) >= 11 is 0. The third-order valence-electron chi connectivity index (χ3n) is 2.62. The number of fused-ring (bicyclic) bond motifs is 1. The van der Waals surface area contributed by atoms with Crippen LogP contribution >= 0.6 is 0 Å². The van der Waals surface area contributed by atoms with Crippen molar-refractivity contribution in [2.75, 3.05) is 5.32 Å². The second-order valence-electron chi connectivity index (χ2n) is 3.95. The van der Waals surface area contributed by atoms with E-state index in [1.807, 2.05) is 0 Å². The van der Waals surface area contributed by atoms with Gasteiger partial charge in [-0.05, 0) is 12.1 Å². The molecule has 6 nitrogen and oxygen atoms in total. The number of nitrogens with two attached hydrogens (primary N) is 2. The number of ether oxygens (including phenoxy) is 1. The van der Waals surface area contributed by atoms with E-state index in [9.17, 15) is 14.0 Å². The number of carbonyl (C=O) groups excluding carboxylic acids is 2. The van der Waals surface area contributed by atoms with Crippen LogP contribution in [-0.2, 0) is 9.59 Å². The fraction of sp³-hybridized carbons (Fsp3) is 0.273. The van der Waals surface area contributed by atoms with Crippen LogP contribution in [0.3, 0.4) is 0 Å². The Hall–Kier alpha value is -2.15. The lowest BCUT2D eigenvalue weighted by Gasteiger charge is -2.27. The zero-order valence-corrected chi connectivity index (χ0v) is 9.35. The Morgan fingerprint density at radius 2 is 2.28 bits per heavy atom. The van der Waals surface area contributed by atoms with Crippen molar-refractivity contribution in [1.82, 2.24) is 0 Å². The monoisotopic (exact) mass is 253 g/mol. The van der Waals surface area contributed by atoms with Crippen molar-refractivity contribution in [3.63, 3.8) is 0 Å². The van der Waals surface area contributed by atoms with E-state index in [0.29, 0.717) is 0 Å². The number of hydrogen-bond donors (Lipinski definition) is 3. The number of carbonyl (C=O) groups is 2. The van der Waals surface area contributed by atoms with Crippen LogP contribution in [0, 0.1) is 5.82 Å². The van der Waals surface area contributed by atoms with Gasteiger partial charge in [0.25, 0.3) is 5.91 Å². The maximum atomic E-state index is 13.4. The van der Waals surface area contributed by atoms with E-state index in [1.165, 1.54) is 18.2 Å². The van der Waals surface area contributed by atoms with Crippen LogP contribution in [0.5, 0.6) is 5.75 Å². The van der Waals surface area contributed by atoms with Crippen LogP contribution in [0.15, 0.2) is 18.2 Å². The molecular formula is C11H12FN3O3. The van der Waals surface area contributed by atoms with Gasteiger partial charge in [-0.25, -0.2) is 4.39 Å². The maximum absolute atomic E-state index is 13.4. The van der Waals surface area contributed by atoms with Crippen molar-refractivity contribution in [2.24, 2.45) is 11.5 Å². The van der Waals surface area contributed by atoms with Crippen molar-refractivity contribution in [3.05, 3.63) is 24.0 Å². The first-order valence-electron chi connectivity index (χ1n) is 5.30. The van der Waals surface area contributed by atoms with Crippen LogP contribution in [0.4, 0.5) is 10.1 Å². The Kier molecular flexibility index (Phi) is 3.15. The molecule has 0 saturated carbocycles. The number of benzene rings is 1. The summed E-state index contributed by atoms with van der Waals surface area (Å²) in [6, 6.07) is 3.19. The minimum Gasteiger partial charge on any atom is -0.478 e. The minimum absolute atomic E-state index is 0.00797. The highest BCUT2D eigenvalue weighted by molar-refractivity contribution is 5.98. The summed E-state index contributed by atoms with van der Waals surface area (Å²) in [5.41, 5.74) is 10.4. The first-order valence-corrected chi connectivity index (χ1v) is 5.30. The number of primary amides is 1. The molecule has 0 bridgehead atoms. The summed E-state index contributed by atoms with van der Waals surface area (Å²) in [7, 11) is 0. The molecule has 1 heterocycles. The molecule has 0 fully saturated rings. The molecule has 7 heteroatoms. The Balaban J connectivity index is 2.18. The zero-order valence-electron chi connectivity index (χ0n) is 9.35. The fourth-order valence-corrected chi connectivity index (χ4v) is 1.64. The van der Waals surface area contributed by atoms with E-state index < -0.39 is 29.8 Å². The van der Waals surface area contributed by atoms with Crippen molar-refractivity contribution in [2.45, 2.75) is 18.6 Å². The SMILES string of the molecule is NC(=O)[C@@H](N)C[C@@H]1Oc2cccc(F)c2NC1=O. The molecule has 2 atom stereocenters. The topological polar surface area (TPSA) is 107 Å². The molecular weight excluding hydrogens is 241 g/mol. The van der Waals surface area contributed by atoms with Gasteiger partial charge in [0.05, 0.1) is 6.04 Å². The van der Waals surface area contributed by atoms with Gasteiger partial charge in [-0.3, -0.25) is 9.59 Å². The van der Waals surface area contributed by atoms with Crippen LogP contribution in [-0.4, -0.2) is 24.0 Å². The molecule has 2 amide bonds. The van der Waals surface area contributed by atoms with Gasteiger partial charge in [0.1, 0.15) is 11.4 Å². The van der Waals surface area contributed by atoms with E-state index in [4.69, 9.17) is 16.2 Å². The predicted octanol–water partition coefficient (Wildman–Crippen LogP) is -0.272. The second-order valence-corrected chi connectivity index (χ2v) is 3.95. The lowest BCUT2D eigenvalue weighted by Crippen LogP contribution is -2.46. The summed E-state index contributed by atoms with van der Waals surface area (Å²) in [5, 5.41) is 2.38. The zero-order chi connectivity index (χ0) is 13.3. The molecule has 0 saturated heterocycles. The molecule has 96 valence electrons. The summed E-state index contributed by atoms with van der Waals surface area (Å²) in [6.07, 6.45) is -1.02. The molecule has 18 heavy (non-hydrogen) atoms. The highest BCUT2D eigenvalue weighted by Crippen LogP contribution is 2.32. The number of para-hydroxylation sites is 1. The quantitative estimate of drug-likeness (QED) is 0.689. The number of hydrogen-bond acceptors (Lipinski definition) is 4. The molecule has 1 aromatic rings. The average molecular weight is 253 g/mol. The third kappa shape index (κ3) is 2.25. The number of halogens is 1. The molecule has 1 aliphatic rings. The average Bonchev–Trinajstić information content (AvgIpc) is 2.31. The third-order valence-corrected chi connectivity index (χ3v) is 2.62.